The van der Waals surface area contributed by atoms with E-state index >= 15 is 0 Å². The predicted molar refractivity (Wildman–Crippen MR) is 231 cm³/mol. The number of hydrogen-bond acceptors (Lipinski definition) is 8. The van der Waals surface area contributed by atoms with E-state index in [-0.39, 0.29) is 36.1 Å². The lowest BCUT2D eigenvalue weighted by Gasteiger charge is -2.46. The molecule has 2 N–H and O–H groups in total. The summed E-state index contributed by atoms with van der Waals surface area (Å²) in [5.74, 6) is 1.72. The molecule has 4 aromatic carbocycles. The van der Waals surface area contributed by atoms with E-state index in [1.54, 1.807) is 4.90 Å². The maximum Gasteiger partial charge on any atom is 0.255 e. The minimum Gasteiger partial charge on any atom is -0.508 e. The van der Waals surface area contributed by atoms with E-state index in [0.717, 1.165) is 75.0 Å². The molecule has 2 aliphatic carbocycles. The minimum atomic E-state index is -0.629. The molecule has 10 heteroatoms. The van der Waals surface area contributed by atoms with Crippen molar-refractivity contribution < 1.29 is 24.2 Å². The number of anilines is 2. The number of carbonyl (C=O) groups excluding carboxylic acids is 3. The molecule has 0 aromatic heterocycles. The van der Waals surface area contributed by atoms with E-state index in [2.05, 4.69) is 80.7 Å². The Kier molecular flexibility index (Phi) is 9.39. The van der Waals surface area contributed by atoms with Crippen LogP contribution in [0.4, 0.5) is 11.4 Å². The summed E-state index contributed by atoms with van der Waals surface area (Å²) in [5, 5.41) is 12.7. The molecular weight excluding hydrogens is 751 g/mol. The highest BCUT2D eigenvalue weighted by Crippen LogP contribution is 2.51. The predicted octanol–water partition coefficient (Wildman–Crippen LogP) is 6.99. The topological polar surface area (TPSA) is 106 Å². The second kappa shape index (κ2) is 15.0. The van der Waals surface area contributed by atoms with Crippen molar-refractivity contribution in [2.45, 2.75) is 88.3 Å². The van der Waals surface area contributed by atoms with Crippen molar-refractivity contribution in [3.05, 3.63) is 118 Å². The number of phenols is 1. The molecule has 5 aliphatic heterocycles. The second-order valence-corrected chi connectivity index (χ2v) is 18.9. The molecule has 3 saturated heterocycles. The zero-order valence-electron chi connectivity index (χ0n) is 34.4. The molecule has 11 rings (SSSR count). The summed E-state index contributed by atoms with van der Waals surface area (Å²) >= 11 is 0. The van der Waals surface area contributed by atoms with E-state index in [4.69, 9.17) is 4.74 Å². The van der Waals surface area contributed by atoms with Crippen LogP contribution in [-0.4, -0.2) is 90.6 Å². The van der Waals surface area contributed by atoms with Crippen LogP contribution >= 0.6 is 0 Å². The van der Waals surface area contributed by atoms with Crippen LogP contribution in [0, 0.1) is 11.3 Å². The molecule has 10 nitrogen and oxygen atoms in total. The van der Waals surface area contributed by atoms with E-state index < -0.39 is 6.04 Å². The number of rotatable bonds is 6. The molecule has 4 aromatic rings. The first-order valence-corrected chi connectivity index (χ1v) is 22.4. The summed E-state index contributed by atoms with van der Waals surface area (Å²) in [4.78, 5) is 47.2. The van der Waals surface area contributed by atoms with Gasteiger partial charge in [0.15, 0.2) is 0 Å². The van der Waals surface area contributed by atoms with Gasteiger partial charge in [-0.3, -0.25) is 24.6 Å². The van der Waals surface area contributed by atoms with Crippen LogP contribution in [0.2, 0.25) is 0 Å². The van der Waals surface area contributed by atoms with Crippen molar-refractivity contribution in [2.24, 2.45) is 11.3 Å². The average molecular weight is 806 g/mol. The number of fused-ring (bicyclic) bond motifs is 6. The Balaban J connectivity index is 0.700. The number of hydrogen-bond donors (Lipinski definition) is 2. The molecule has 5 atom stereocenters. The molecule has 310 valence electrons. The van der Waals surface area contributed by atoms with Crippen LogP contribution in [0.5, 0.6) is 11.5 Å². The van der Waals surface area contributed by atoms with Crippen molar-refractivity contribution in [3.63, 3.8) is 0 Å². The molecule has 5 heterocycles. The van der Waals surface area contributed by atoms with Gasteiger partial charge >= 0.3 is 0 Å². The van der Waals surface area contributed by atoms with Crippen molar-refractivity contribution in [1.82, 2.24) is 15.1 Å². The van der Waals surface area contributed by atoms with E-state index in [9.17, 15) is 19.5 Å². The summed E-state index contributed by atoms with van der Waals surface area (Å²) in [5.41, 5.74) is 9.68. The molecule has 1 saturated carbocycles. The zero-order chi connectivity index (χ0) is 40.5. The number of amides is 3. The van der Waals surface area contributed by atoms with Gasteiger partial charge in [-0.25, -0.2) is 0 Å². The molecule has 3 amide bonds. The van der Waals surface area contributed by atoms with Crippen LogP contribution in [-0.2, 0) is 22.6 Å². The first-order valence-electron chi connectivity index (χ1n) is 22.4. The molecule has 0 radical (unpaired) electrons. The Hall–Kier alpha value is -5.35. The number of piperazine rings is 1. The highest BCUT2D eigenvalue weighted by atomic mass is 16.5. The molecular formula is C50H55N5O5. The number of ether oxygens (including phenoxy) is 1. The summed E-state index contributed by atoms with van der Waals surface area (Å²) in [7, 11) is 0. The van der Waals surface area contributed by atoms with Gasteiger partial charge in [0, 0.05) is 68.4 Å². The van der Waals surface area contributed by atoms with Gasteiger partial charge in [-0.05, 0) is 127 Å². The van der Waals surface area contributed by atoms with Gasteiger partial charge in [-0.2, -0.15) is 0 Å². The highest BCUT2D eigenvalue weighted by molar-refractivity contribution is 6.06. The first kappa shape index (κ1) is 37.6. The smallest absolute Gasteiger partial charge is 0.255 e. The summed E-state index contributed by atoms with van der Waals surface area (Å²) in [6, 6.07) is 30.0. The highest BCUT2D eigenvalue weighted by Gasteiger charge is 2.45. The Morgan fingerprint density at radius 3 is 2.45 bits per heavy atom. The van der Waals surface area contributed by atoms with Crippen LogP contribution in [0.15, 0.2) is 84.9 Å². The lowest BCUT2D eigenvalue weighted by atomic mass is 9.69. The van der Waals surface area contributed by atoms with Crippen molar-refractivity contribution in [2.75, 3.05) is 55.7 Å². The fourth-order valence-electron chi connectivity index (χ4n) is 12.4. The Morgan fingerprint density at radius 1 is 0.800 bits per heavy atom. The van der Waals surface area contributed by atoms with Crippen molar-refractivity contribution in [1.29, 1.82) is 0 Å². The number of imide groups is 1. The summed E-state index contributed by atoms with van der Waals surface area (Å²) in [6.45, 7) is 7.22. The number of phenolic OH excluding ortho intramolecular Hbond substituents is 1. The first-order chi connectivity index (χ1) is 29.3. The standard InChI is InChI=1S/C50H55N5O5/c56-38-11-13-40-35(26-38)8-12-39(33-4-2-1-3-5-33)46(40)34-6-9-36(10-7-34)53-22-20-50(21-23-53)19-18-32(27-50)28-52-24-25-54-37(29-52)31-60-47-42-30-55(44-16-17-45(57)51-48(44)58)49(59)41(42)14-15-43(47)54/h1-7,9-11,13-15,26,32,37,39,44,46,56H,8,12,16-25,27-31H2,(H,51,57,58)/t32?,37-,39-,44+,46+/m1/s1. The minimum absolute atomic E-state index is 0.158. The van der Waals surface area contributed by atoms with Crippen molar-refractivity contribution >= 4 is 29.1 Å². The maximum absolute atomic E-state index is 13.4. The summed E-state index contributed by atoms with van der Waals surface area (Å²) in [6.07, 6.45) is 9.15. The number of benzene rings is 4. The second-order valence-electron chi connectivity index (χ2n) is 18.9. The molecule has 1 unspecified atom stereocenters. The number of aryl methyl sites for hydroxylation is 1. The summed E-state index contributed by atoms with van der Waals surface area (Å²) < 4.78 is 6.48. The van der Waals surface area contributed by atoms with E-state index in [1.807, 2.05) is 24.3 Å². The number of nitrogens with one attached hydrogen (secondary N) is 1. The van der Waals surface area contributed by atoms with Gasteiger partial charge < -0.3 is 24.5 Å². The average Bonchev–Trinajstić information content (AvgIpc) is 3.82. The van der Waals surface area contributed by atoms with Crippen molar-refractivity contribution in [3.8, 4) is 11.5 Å². The third-order valence-corrected chi connectivity index (χ3v) is 15.5. The maximum atomic E-state index is 13.4. The van der Waals surface area contributed by atoms with Gasteiger partial charge in [-0.15, -0.1) is 0 Å². The van der Waals surface area contributed by atoms with Crippen LogP contribution < -0.4 is 19.9 Å². The van der Waals surface area contributed by atoms with Gasteiger partial charge in [-0.1, -0.05) is 48.5 Å². The zero-order valence-corrected chi connectivity index (χ0v) is 34.4. The third-order valence-electron chi connectivity index (χ3n) is 15.5. The number of piperidine rings is 2. The normalized spacial score (nSPS) is 27.2. The molecule has 60 heavy (non-hydrogen) atoms. The molecule has 0 bridgehead atoms. The SMILES string of the molecule is O=C1CC[C@H](N2Cc3c(ccc4c3OC[C@H]3CN(CC5CCC6(CCN(c7ccc([C@@H]8c9ccc(O)cc9CC[C@@H]8c8ccccc8)cc7)CC6)C5)CCN43)C2=O)C(=O)N1. The Bertz CT molecular complexity index is 2320. The fourth-order valence-corrected chi connectivity index (χ4v) is 12.4. The lowest BCUT2D eigenvalue weighted by Crippen LogP contribution is -2.57. The van der Waals surface area contributed by atoms with Crippen LogP contribution in [0.1, 0.15) is 101 Å². The lowest BCUT2D eigenvalue weighted by molar-refractivity contribution is -0.136. The quantitative estimate of drug-likeness (QED) is 0.201. The largest absolute Gasteiger partial charge is 0.508 e. The number of aromatic hydroxyl groups is 1. The van der Waals surface area contributed by atoms with E-state index in [0.29, 0.717) is 42.2 Å². The van der Waals surface area contributed by atoms with E-state index in [1.165, 1.54) is 60.0 Å². The Labute approximate surface area is 352 Å². The number of nitrogens with zero attached hydrogens (tertiary/aromatic N) is 4. The fraction of sp³-hybridized carbons (Fsp3) is 0.460. The van der Waals surface area contributed by atoms with Crippen LogP contribution in [0.25, 0.3) is 0 Å². The van der Waals surface area contributed by atoms with Gasteiger partial charge in [0.2, 0.25) is 11.8 Å². The molecule has 4 fully saturated rings. The van der Waals surface area contributed by atoms with Gasteiger partial charge in [0.1, 0.15) is 24.1 Å². The third kappa shape index (κ3) is 6.62. The number of carbonyl (C=O) groups is 3. The van der Waals surface area contributed by atoms with Gasteiger partial charge in [0.05, 0.1) is 18.3 Å². The monoisotopic (exact) mass is 805 g/mol. The van der Waals surface area contributed by atoms with Crippen LogP contribution in [0.3, 0.4) is 0 Å². The van der Waals surface area contributed by atoms with Gasteiger partial charge in [0.25, 0.3) is 5.91 Å². The molecule has 1 spiro atoms. The Morgan fingerprint density at radius 2 is 1.63 bits per heavy atom. The molecule has 7 aliphatic rings.